The molecule has 1 aromatic rings. The van der Waals surface area contributed by atoms with Crippen LogP contribution in [0.4, 0.5) is 0 Å². The molecule has 2 nitrogen and oxygen atoms in total. The first-order valence-electron chi connectivity index (χ1n) is 10.2. The van der Waals surface area contributed by atoms with Gasteiger partial charge in [0, 0.05) is 16.5 Å². The number of Topliss-reactive ketones (excluding diaryl/α,β-unsaturated/α-hetero) is 1. The van der Waals surface area contributed by atoms with Crippen molar-refractivity contribution in [1.82, 2.24) is 0 Å². The molecule has 2 bridgehead atoms. The maximum atomic E-state index is 13.2. The zero-order valence-electron chi connectivity index (χ0n) is 18.6. The van der Waals surface area contributed by atoms with Gasteiger partial charge in [0.1, 0.15) is 5.75 Å². The maximum Gasteiger partial charge on any atom is 0.165 e. The second kappa shape index (κ2) is 5.72. The highest BCUT2D eigenvalue weighted by Crippen LogP contribution is 2.65. The Hall–Kier alpha value is -1.57. The number of fused-ring (bicyclic) bond motifs is 2. The second-order valence-electron chi connectivity index (χ2n) is 11.5. The molecule has 2 aliphatic carbocycles. The van der Waals surface area contributed by atoms with Gasteiger partial charge >= 0.3 is 0 Å². The monoisotopic (exact) mass is 368 g/mol. The van der Waals surface area contributed by atoms with Crippen molar-refractivity contribution in [2.75, 3.05) is 0 Å². The SMILES string of the molecule is CC(C)(C)c1cc(/C=C2/C(=O)[C@@]3(C)CC[C@@H]2C3(C)C)cc(C(C)(C)C)c1O. The van der Waals surface area contributed by atoms with Crippen LogP contribution in [0.25, 0.3) is 6.08 Å². The van der Waals surface area contributed by atoms with Crippen molar-refractivity contribution in [3.63, 3.8) is 0 Å². The van der Waals surface area contributed by atoms with Gasteiger partial charge in [-0.05, 0) is 64.3 Å². The molecular weight excluding hydrogens is 332 g/mol. The van der Waals surface area contributed by atoms with Gasteiger partial charge in [-0.25, -0.2) is 0 Å². The summed E-state index contributed by atoms with van der Waals surface area (Å²) >= 11 is 0. The van der Waals surface area contributed by atoms with Gasteiger partial charge in [-0.2, -0.15) is 0 Å². The molecular formula is C25H36O2. The Morgan fingerprint density at radius 1 is 1.00 bits per heavy atom. The molecule has 2 heteroatoms. The molecule has 2 atom stereocenters. The van der Waals surface area contributed by atoms with E-state index in [-0.39, 0.29) is 21.7 Å². The summed E-state index contributed by atoms with van der Waals surface area (Å²) in [6.07, 6.45) is 4.21. The van der Waals surface area contributed by atoms with Gasteiger partial charge in [-0.15, -0.1) is 0 Å². The highest BCUT2D eigenvalue weighted by atomic mass is 16.3. The number of hydrogen-bond donors (Lipinski definition) is 1. The minimum absolute atomic E-state index is 0.0204. The largest absolute Gasteiger partial charge is 0.507 e. The van der Waals surface area contributed by atoms with E-state index in [4.69, 9.17) is 0 Å². The van der Waals surface area contributed by atoms with E-state index in [1.165, 1.54) is 0 Å². The zero-order chi connectivity index (χ0) is 20.6. The highest BCUT2D eigenvalue weighted by molar-refractivity contribution is 6.08. The third-order valence-electron chi connectivity index (χ3n) is 7.44. The van der Waals surface area contributed by atoms with Crippen LogP contribution in [0.1, 0.15) is 91.8 Å². The third-order valence-corrected chi connectivity index (χ3v) is 7.44. The summed E-state index contributed by atoms with van der Waals surface area (Å²) in [5.41, 5.74) is 3.38. The third kappa shape index (κ3) is 2.87. The van der Waals surface area contributed by atoms with Crippen molar-refractivity contribution in [3.05, 3.63) is 34.4 Å². The number of aromatic hydroxyl groups is 1. The molecule has 2 saturated carbocycles. The number of hydrogen-bond acceptors (Lipinski definition) is 2. The van der Waals surface area contributed by atoms with Crippen LogP contribution < -0.4 is 0 Å². The lowest BCUT2D eigenvalue weighted by atomic mass is 9.70. The van der Waals surface area contributed by atoms with Crippen LogP contribution in [-0.2, 0) is 15.6 Å². The Kier molecular flexibility index (Phi) is 4.27. The minimum atomic E-state index is -0.236. The summed E-state index contributed by atoms with van der Waals surface area (Å²) in [6.45, 7) is 19.4. The first-order chi connectivity index (χ1) is 12.1. The smallest absolute Gasteiger partial charge is 0.165 e. The van der Waals surface area contributed by atoms with Gasteiger partial charge in [-0.3, -0.25) is 4.79 Å². The average molecular weight is 369 g/mol. The molecule has 3 rings (SSSR count). The van der Waals surface area contributed by atoms with Crippen LogP contribution in [0.2, 0.25) is 0 Å². The van der Waals surface area contributed by atoms with E-state index in [2.05, 4.69) is 80.5 Å². The van der Waals surface area contributed by atoms with E-state index in [1.54, 1.807) is 0 Å². The predicted octanol–water partition coefficient (Wildman–Crippen LogP) is 6.40. The lowest BCUT2D eigenvalue weighted by Gasteiger charge is -2.31. The number of rotatable bonds is 1. The second-order valence-corrected chi connectivity index (χ2v) is 11.5. The number of allylic oxidation sites excluding steroid dienone is 1. The summed E-state index contributed by atoms with van der Waals surface area (Å²) in [6, 6.07) is 4.15. The molecule has 2 aliphatic rings. The van der Waals surface area contributed by atoms with E-state index in [9.17, 15) is 9.90 Å². The Morgan fingerprint density at radius 3 is 1.85 bits per heavy atom. The molecule has 0 heterocycles. The molecule has 0 aliphatic heterocycles. The van der Waals surface area contributed by atoms with Crippen LogP contribution in [0, 0.1) is 16.7 Å². The van der Waals surface area contributed by atoms with E-state index < -0.39 is 0 Å². The number of carbonyl (C=O) groups excluding carboxylic acids is 1. The summed E-state index contributed by atoms with van der Waals surface area (Å²) < 4.78 is 0. The minimum Gasteiger partial charge on any atom is -0.507 e. The van der Waals surface area contributed by atoms with Crippen molar-refractivity contribution in [2.45, 2.75) is 86.0 Å². The summed E-state index contributed by atoms with van der Waals surface area (Å²) in [7, 11) is 0. The predicted molar refractivity (Wildman–Crippen MR) is 113 cm³/mol. The van der Waals surface area contributed by atoms with Crippen LogP contribution in [-0.4, -0.2) is 10.9 Å². The molecule has 1 aromatic carbocycles. The van der Waals surface area contributed by atoms with Gasteiger partial charge in [0.25, 0.3) is 0 Å². The lowest BCUT2D eigenvalue weighted by Crippen LogP contribution is -2.32. The van der Waals surface area contributed by atoms with E-state index in [0.717, 1.165) is 35.1 Å². The number of ketones is 1. The van der Waals surface area contributed by atoms with Crippen molar-refractivity contribution in [2.24, 2.45) is 16.7 Å². The molecule has 1 N–H and O–H groups in total. The normalized spacial score (nSPS) is 29.0. The van der Waals surface area contributed by atoms with Crippen LogP contribution in [0.3, 0.4) is 0 Å². The standard InChI is InChI=1S/C25H36O2/c1-22(2,3)18-13-15(14-19(20(18)26)23(4,5)6)12-16-17-10-11-25(9,21(16)27)24(17,7)8/h12-14,17,26H,10-11H2,1-9H3/b16-12+/t17-,25+/m0/s1. The Bertz CT molecular complexity index is 792. The van der Waals surface area contributed by atoms with Crippen LogP contribution in [0.5, 0.6) is 5.75 Å². The maximum absolute atomic E-state index is 13.2. The van der Waals surface area contributed by atoms with Gasteiger partial charge in [0.2, 0.25) is 0 Å². The van der Waals surface area contributed by atoms with Crippen molar-refractivity contribution in [3.8, 4) is 5.75 Å². The van der Waals surface area contributed by atoms with Gasteiger partial charge in [0.15, 0.2) is 5.78 Å². The van der Waals surface area contributed by atoms with Gasteiger partial charge < -0.3 is 5.11 Å². The Balaban J connectivity index is 2.19. The highest BCUT2D eigenvalue weighted by Gasteiger charge is 2.63. The summed E-state index contributed by atoms with van der Waals surface area (Å²) in [5, 5.41) is 10.9. The average Bonchev–Trinajstić information content (AvgIpc) is 2.80. The molecule has 27 heavy (non-hydrogen) atoms. The van der Waals surface area contributed by atoms with Gasteiger partial charge in [0.05, 0.1) is 0 Å². The molecule has 0 spiro atoms. The topological polar surface area (TPSA) is 37.3 Å². The molecule has 0 radical (unpaired) electrons. The van der Waals surface area contributed by atoms with Crippen LogP contribution >= 0.6 is 0 Å². The first-order valence-corrected chi connectivity index (χ1v) is 10.2. The fraction of sp³-hybridized carbons (Fsp3) is 0.640. The lowest BCUT2D eigenvalue weighted by molar-refractivity contribution is -0.125. The fourth-order valence-electron chi connectivity index (χ4n) is 5.16. The van der Waals surface area contributed by atoms with Gasteiger partial charge in [-0.1, -0.05) is 62.3 Å². The van der Waals surface area contributed by atoms with E-state index in [0.29, 0.717) is 17.5 Å². The zero-order valence-corrected chi connectivity index (χ0v) is 18.6. The van der Waals surface area contributed by atoms with Crippen molar-refractivity contribution in [1.29, 1.82) is 0 Å². The number of benzene rings is 1. The summed E-state index contributed by atoms with van der Waals surface area (Å²) in [5.74, 6) is 1.05. The molecule has 0 saturated heterocycles. The van der Waals surface area contributed by atoms with Crippen LogP contribution in [0.15, 0.2) is 17.7 Å². The first kappa shape index (κ1) is 20.2. The number of phenols is 1. The quantitative estimate of drug-likeness (QED) is 0.583. The van der Waals surface area contributed by atoms with Crippen molar-refractivity contribution < 1.29 is 9.90 Å². The van der Waals surface area contributed by atoms with E-state index in [1.807, 2.05) is 0 Å². The molecule has 2 fully saturated rings. The molecule has 0 unspecified atom stereocenters. The summed E-state index contributed by atoms with van der Waals surface area (Å²) in [4.78, 5) is 13.2. The Morgan fingerprint density at radius 2 is 1.48 bits per heavy atom. The molecule has 0 aromatic heterocycles. The van der Waals surface area contributed by atoms with Crippen molar-refractivity contribution >= 4 is 11.9 Å². The fourth-order valence-corrected chi connectivity index (χ4v) is 5.16. The number of phenolic OH excluding ortho intramolecular Hbond substituents is 1. The number of carbonyl (C=O) groups is 1. The molecule has 0 amide bonds. The van der Waals surface area contributed by atoms with E-state index >= 15 is 0 Å². The molecule has 148 valence electrons. The Labute approximate surface area is 165 Å².